The van der Waals surface area contributed by atoms with Crippen LogP contribution in [0.4, 0.5) is 0 Å². The second kappa shape index (κ2) is 5.35. The zero-order chi connectivity index (χ0) is 14.1. The van der Waals surface area contributed by atoms with Gasteiger partial charge < -0.3 is 15.5 Å². The molecule has 2 atom stereocenters. The van der Waals surface area contributed by atoms with E-state index in [0.29, 0.717) is 0 Å². The Morgan fingerprint density at radius 2 is 1.70 bits per heavy atom. The Kier molecular flexibility index (Phi) is 3.55. The van der Waals surface area contributed by atoms with Gasteiger partial charge >= 0.3 is 0 Å². The molecule has 4 heteroatoms. The number of phenolic OH excluding ortho intramolecular Hbond substituents is 2. The van der Waals surface area contributed by atoms with Crippen molar-refractivity contribution in [3.8, 4) is 11.5 Å². The highest BCUT2D eigenvalue weighted by molar-refractivity contribution is 6.31. The fourth-order valence-corrected chi connectivity index (χ4v) is 3.18. The van der Waals surface area contributed by atoms with E-state index in [0.717, 1.165) is 29.2 Å². The maximum Gasteiger partial charge on any atom is 0.157 e. The summed E-state index contributed by atoms with van der Waals surface area (Å²) in [5, 5.41) is 23.3. The van der Waals surface area contributed by atoms with Gasteiger partial charge in [-0.15, -0.1) is 0 Å². The molecule has 2 aromatic carbocycles. The molecular weight excluding hydrogens is 274 g/mol. The molecule has 1 fully saturated rings. The molecule has 3 N–H and O–H groups in total. The second-order valence-corrected chi connectivity index (χ2v) is 5.55. The standard InChI is InChI=1S/C16H16ClNO2/c17-14-4-2-1-3-11(14)13-9-18-8-12(13)10-5-6-15(19)16(20)7-10/h1-7,12-13,18-20H,8-9H2. The molecule has 0 aromatic heterocycles. The number of nitrogens with one attached hydrogen (secondary N) is 1. The number of benzene rings is 2. The number of hydrogen-bond acceptors (Lipinski definition) is 3. The lowest BCUT2D eigenvalue weighted by atomic mass is 9.84. The number of rotatable bonds is 2. The third-order valence-electron chi connectivity index (χ3n) is 3.95. The average molecular weight is 290 g/mol. The Labute approximate surface area is 122 Å². The van der Waals surface area contributed by atoms with Crippen molar-refractivity contribution in [2.75, 3.05) is 13.1 Å². The molecular formula is C16H16ClNO2. The van der Waals surface area contributed by atoms with Gasteiger partial charge in [0.15, 0.2) is 11.5 Å². The van der Waals surface area contributed by atoms with Gasteiger partial charge in [-0.2, -0.15) is 0 Å². The van der Waals surface area contributed by atoms with Crippen molar-refractivity contribution in [1.82, 2.24) is 5.32 Å². The van der Waals surface area contributed by atoms with Crippen molar-refractivity contribution in [3.63, 3.8) is 0 Å². The average Bonchev–Trinajstić information content (AvgIpc) is 2.91. The topological polar surface area (TPSA) is 52.5 Å². The zero-order valence-corrected chi connectivity index (χ0v) is 11.6. The van der Waals surface area contributed by atoms with Crippen LogP contribution in [0.15, 0.2) is 42.5 Å². The van der Waals surface area contributed by atoms with E-state index in [1.54, 1.807) is 6.07 Å². The molecule has 1 saturated heterocycles. The summed E-state index contributed by atoms with van der Waals surface area (Å²) in [5.41, 5.74) is 2.13. The summed E-state index contributed by atoms with van der Waals surface area (Å²) < 4.78 is 0. The van der Waals surface area contributed by atoms with Gasteiger partial charge in [0.25, 0.3) is 0 Å². The van der Waals surface area contributed by atoms with Gasteiger partial charge in [-0.3, -0.25) is 0 Å². The zero-order valence-electron chi connectivity index (χ0n) is 10.9. The fraction of sp³-hybridized carbons (Fsp3) is 0.250. The Morgan fingerprint density at radius 3 is 2.45 bits per heavy atom. The number of phenols is 2. The first-order valence-electron chi connectivity index (χ1n) is 6.64. The van der Waals surface area contributed by atoms with Crippen LogP contribution in [-0.4, -0.2) is 23.3 Å². The molecule has 2 unspecified atom stereocenters. The van der Waals surface area contributed by atoms with Crippen LogP contribution < -0.4 is 5.32 Å². The lowest BCUT2D eigenvalue weighted by Gasteiger charge is -2.20. The van der Waals surface area contributed by atoms with Gasteiger partial charge in [0.05, 0.1) is 0 Å². The summed E-state index contributed by atoms with van der Waals surface area (Å²) >= 11 is 6.30. The Bertz CT molecular complexity index is 630. The monoisotopic (exact) mass is 289 g/mol. The number of aromatic hydroxyl groups is 2. The Morgan fingerprint density at radius 1 is 0.950 bits per heavy atom. The highest BCUT2D eigenvalue weighted by Crippen LogP contribution is 2.40. The van der Waals surface area contributed by atoms with E-state index in [-0.39, 0.29) is 23.3 Å². The molecule has 1 aliphatic rings. The molecule has 20 heavy (non-hydrogen) atoms. The van der Waals surface area contributed by atoms with Crippen LogP contribution in [0.25, 0.3) is 0 Å². The second-order valence-electron chi connectivity index (χ2n) is 5.14. The molecule has 1 heterocycles. The van der Waals surface area contributed by atoms with Crippen LogP contribution >= 0.6 is 11.6 Å². The lowest BCUT2D eigenvalue weighted by Crippen LogP contribution is -2.09. The van der Waals surface area contributed by atoms with Crippen molar-refractivity contribution in [1.29, 1.82) is 0 Å². The minimum Gasteiger partial charge on any atom is -0.504 e. The van der Waals surface area contributed by atoms with Gasteiger partial charge in [-0.05, 0) is 29.3 Å². The molecule has 3 nitrogen and oxygen atoms in total. The maximum atomic E-state index is 9.68. The van der Waals surface area contributed by atoms with Crippen molar-refractivity contribution < 1.29 is 10.2 Å². The van der Waals surface area contributed by atoms with Gasteiger partial charge in [-0.25, -0.2) is 0 Å². The van der Waals surface area contributed by atoms with E-state index >= 15 is 0 Å². The largest absolute Gasteiger partial charge is 0.504 e. The minimum atomic E-state index is -0.0889. The molecule has 0 amide bonds. The molecule has 0 radical (unpaired) electrons. The predicted octanol–water partition coefficient (Wildman–Crippen LogP) is 3.22. The Balaban J connectivity index is 1.96. The van der Waals surface area contributed by atoms with Crippen molar-refractivity contribution in [2.45, 2.75) is 11.8 Å². The lowest BCUT2D eigenvalue weighted by molar-refractivity contribution is 0.402. The predicted molar refractivity (Wildman–Crippen MR) is 79.6 cm³/mol. The van der Waals surface area contributed by atoms with Crippen LogP contribution in [0.5, 0.6) is 11.5 Å². The quantitative estimate of drug-likeness (QED) is 0.744. The van der Waals surface area contributed by atoms with E-state index in [9.17, 15) is 10.2 Å². The van der Waals surface area contributed by atoms with Crippen LogP contribution in [0.1, 0.15) is 23.0 Å². The summed E-state index contributed by atoms with van der Waals surface area (Å²) in [6.07, 6.45) is 0. The first-order valence-corrected chi connectivity index (χ1v) is 7.01. The maximum absolute atomic E-state index is 9.68. The van der Waals surface area contributed by atoms with E-state index in [1.165, 1.54) is 6.07 Å². The van der Waals surface area contributed by atoms with E-state index in [2.05, 4.69) is 5.32 Å². The Hall–Kier alpha value is -1.71. The molecule has 0 spiro atoms. The fourth-order valence-electron chi connectivity index (χ4n) is 2.90. The van der Waals surface area contributed by atoms with Crippen molar-refractivity contribution >= 4 is 11.6 Å². The highest BCUT2D eigenvalue weighted by atomic mass is 35.5. The van der Waals surface area contributed by atoms with E-state index in [4.69, 9.17) is 11.6 Å². The molecule has 3 rings (SSSR count). The number of halogens is 1. The summed E-state index contributed by atoms with van der Waals surface area (Å²) in [4.78, 5) is 0. The molecule has 2 aromatic rings. The van der Waals surface area contributed by atoms with Gasteiger partial charge in [0.2, 0.25) is 0 Å². The van der Waals surface area contributed by atoms with E-state index < -0.39 is 0 Å². The summed E-state index contributed by atoms with van der Waals surface area (Å²) in [6, 6.07) is 12.9. The number of hydrogen-bond donors (Lipinski definition) is 3. The molecule has 104 valence electrons. The highest BCUT2D eigenvalue weighted by Gasteiger charge is 2.31. The molecule has 0 bridgehead atoms. The summed E-state index contributed by atoms with van der Waals surface area (Å²) in [6.45, 7) is 1.69. The van der Waals surface area contributed by atoms with Crippen molar-refractivity contribution in [3.05, 3.63) is 58.6 Å². The normalized spacial score (nSPS) is 22.1. The van der Waals surface area contributed by atoms with Crippen LogP contribution in [0, 0.1) is 0 Å². The molecule has 0 aliphatic carbocycles. The third-order valence-corrected chi connectivity index (χ3v) is 4.29. The minimum absolute atomic E-state index is 0.0766. The van der Waals surface area contributed by atoms with Gasteiger partial charge in [0, 0.05) is 29.9 Å². The van der Waals surface area contributed by atoms with Crippen LogP contribution in [-0.2, 0) is 0 Å². The first kappa shape index (κ1) is 13.3. The van der Waals surface area contributed by atoms with Gasteiger partial charge in [-0.1, -0.05) is 35.9 Å². The summed E-state index contributed by atoms with van der Waals surface area (Å²) in [7, 11) is 0. The first-order chi connectivity index (χ1) is 9.66. The van der Waals surface area contributed by atoms with Crippen LogP contribution in [0.3, 0.4) is 0 Å². The third kappa shape index (κ3) is 2.35. The molecule has 0 saturated carbocycles. The summed E-state index contributed by atoms with van der Waals surface area (Å²) in [5.74, 6) is 0.343. The van der Waals surface area contributed by atoms with Crippen LogP contribution in [0.2, 0.25) is 5.02 Å². The smallest absolute Gasteiger partial charge is 0.157 e. The SMILES string of the molecule is Oc1ccc(C2CNCC2c2ccccc2Cl)cc1O. The van der Waals surface area contributed by atoms with Gasteiger partial charge in [0.1, 0.15) is 0 Å². The van der Waals surface area contributed by atoms with Crippen molar-refractivity contribution in [2.24, 2.45) is 0 Å². The van der Waals surface area contributed by atoms with E-state index in [1.807, 2.05) is 30.3 Å². The molecule has 1 aliphatic heterocycles.